The SMILES string of the molecule is CC(C)C[C@H](NC(=O)[C@@H](COC(C)(C)C)NC(=O)[C@H](Cc1ccc(O)cc1)NC(=O)[C@H](CO)NC(=O)[C@H](Cc1c[nH]c2ccccc12)NC(=O)[C@H](Cc1cnc[nH]1)NC(=O)[C@@H]1CCC(=O)N1)C(=O)N[C@@H](CCCN=C(N)N)C(=O)N[C@@H](CCCN=C(N)N)C(=O)N1CCC[C@H]1C(=O)NNC(N)=O. The Hall–Kier alpha value is -11.1. The molecule has 2 aliphatic rings. The molecule has 37 nitrogen and oxygen atoms in total. The summed E-state index contributed by atoms with van der Waals surface area (Å²) in [7, 11) is 0. The van der Waals surface area contributed by atoms with E-state index < -0.39 is 144 Å². The first-order valence-electron chi connectivity index (χ1n) is 33.4. The molecule has 25 N–H and O–H groups in total. The number of amides is 13. The normalized spacial score (nSPS) is 16.6. The molecule has 2 aliphatic heterocycles. The van der Waals surface area contributed by atoms with Crippen molar-refractivity contribution < 1.29 is 72.5 Å². The Morgan fingerprint density at radius 3 is 1.78 bits per heavy atom. The van der Waals surface area contributed by atoms with Gasteiger partial charge in [0.15, 0.2) is 11.9 Å². The highest BCUT2D eigenvalue weighted by Gasteiger charge is 2.41. The molecule has 0 saturated carbocycles. The number of carbonyl (C=O) groups is 12. The van der Waals surface area contributed by atoms with E-state index in [0.717, 1.165) is 0 Å². The quantitative estimate of drug-likeness (QED) is 0.00875. The van der Waals surface area contributed by atoms with E-state index in [1.54, 1.807) is 65.1 Å². The second-order valence-corrected chi connectivity index (χ2v) is 26.2. The van der Waals surface area contributed by atoms with Crippen molar-refractivity contribution in [1.82, 2.24) is 78.6 Å². The van der Waals surface area contributed by atoms with Crippen molar-refractivity contribution in [2.24, 2.45) is 44.6 Å². The van der Waals surface area contributed by atoms with E-state index in [1.807, 2.05) is 5.43 Å². The van der Waals surface area contributed by atoms with Gasteiger partial charge in [0.25, 0.3) is 5.91 Å². The number of phenols is 1. The molecule has 13 amide bonds. The Labute approximate surface area is 587 Å². The Kier molecular flexibility index (Phi) is 30.1. The zero-order valence-electron chi connectivity index (χ0n) is 57.6. The first kappa shape index (κ1) is 79.9. The Morgan fingerprint density at radius 1 is 0.647 bits per heavy atom. The van der Waals surface area contributed by atoms with Crippen LogP contribution in [0, 0.1) is 5.92 Å². The molecule has 4 aromatic rings. The average Bonchev–Trinajstić information content (AvgIpc) is 1.54. The number of hydrogen-bond acceptors (Lipinski definition) is 18. The lowest BCUT2D eigenvalue weighted by atomic mass is 10.0. The number of nitrogens with one attached hydrogen (secondary N) is 13. The number of H-pyrrole nitrogens is 2. The van der Waals surface area contributed by atoms with Crippen molar-refractivity contribution >= 4 is 93.8 Å². The number of phenolic OH excluding ortho intramolecular Hbond substituents is 1. The maximum Gasteiger partial charge on any atom is 0.330 e. The van der Waals surface area contributed by atoms with Crippen LogP contribution in [-0.4, -0.2) is 212 Å². The summed E-state index contributed by atoms with van der Waals surface area (Å²) in [6, 6.07) is -2.59. The van der Waals surface area contributed by atoms with Crippen LogP contribution in [0.4, 0.5) is 4.79 Å². The van der Waals surface area contributed by atoms with Gasteiger partial charge < -0.3 is 106 Å². The summed E-state index contributed by atoms with van der Waals surface area (Å²) in [6.45, 7) is 7.05. The number of nitrogens with two attached hydrogens (primary N) is 5. The molecule has 0 radical (unpaired) electrons. The molecule has 2 saturated heterocycles. The monoisotopic (exact) mass is 1420 g/mol. The molecule has 4 heterocycles. The minimum absolute atomic E-state index is 0.00671. The zero-order valence-corrected chi connectivity index (χ0v) is 57.6. The molecule has 0 unspecified atom stereocenters. The fourth-order valence-corrected chi connectivity index (χ4v) is 11.3. The van der Waals surface area contributed by atoms with Gasteiger partial charge >= 0.3 is 6.03 Å². The molecule has 0 aliphatic carbocycles. The highest BCUT2D eigenvalue weighted by atomic mass is 16.5. The standard InChI is InChI=1S/C65H96N22O15/c1-34(2)25-44(54(93)77-41(13-8-22-72-62(66)67)52(91)78-43(14-9-23-73-63(68)69)61(100)87-24-10-15-50(87)60(99)85-86-64(70)101)79-59(98)49(32-102-65(3,4)5)84-55(94)45(26-35-16-18-38(89)19-17-35)80-58(97)48(31-88)83-56(95)46(27-36-29-74-40-12-7-6-11-39(36)40)81-57(96)47(28-37-30-71-33-75-37)82-53(92)42-20-21-51(90)76-42/h6-7,11-12,16-19,29-30,33-34,41-50,74,88-89H,8-10,13-15,20-28,31-32H2,1-5H3,(H,71,75)(H,76,90)(H,77,93)(H,78,91)(H,79,98)(H,80,97)(H,81,96)(H,82,92)(H,83,95)(H,84,94)(H,85,99)(H4,66,67,72)(H4,68,69,73)(H3,70,86,101)/t41-,42-,43-,44-,45-,46-,47-,48-,49+,50-/m0/s1. The Bertz CT molecular complexity index is 3630. The molecule has 0 spiro atoms. The molecule has 6 rings (SSSR count). The van der Waals surface area contributed by atoms with Gasteiger partial charge in [-0.2, -0.15) is 0 Å². The van der Waals surface area contributed by atoms with Crippen LogP contribution in [0.25, 0.3) is 10.9 Å². The molecule has 556 valence electrons. The number of primary amides is 1. The fourth-order valence-electron chi connectivity index (χ4n) is 11.3. The molecule has 2 aromatic heterocycles. The van der Waals surface area contributed by atoms with Crippen LogP contribution in [0.15, 0.2) is 77.2 Å². The van der Waals surface area contributed by atoms with Crippen LogP contribution >= 0.6 is 0 Å². The van der Waals surface area contributed by atoms with Crippen molar-refractivity contribution in [2.45, 2.75) is 178 Å². The van der Waals surface area contributed by atoms with Gasteiger partial charge in [-0.05, 0) is 107 Å². The van der Waals surface area contributed by atoms with Crippen LogP contribution in [0.1, 0.15) is 109 Å². The van der Waals surface area contributed by atoms with Crippen LogP contribution in [0.3, 0.4) is 0 Å². The van der Waals surface area contributed by atoms with Gasteiger partial charge in [0.2, 0.25) is 59.1 Å². The summed E-state index contributed by atoms with van der Waals surface area (Å²) >= 11 is 0. The number of likely N-dealkylation sites (tertiary alicyclic amines) is 1. The van der Waals surface area contributed by atoms with E-state index in [4.69, 9.17) is 33.4 Å². The maximum atomic E-state index is 14.9. The van der Waals surface area contributed by atoms with Gasteiger partial charge in [0.1, 0.15) is 66.2 Å². The number of para-hydroxylation sites is 1. The number of aliphatic hydroxyl groups excluding tert-OH is 1. The van der Waals surface area contributed by atoms with E-state index in [-0.39, 0.29) is 120 Å². The van der Waals surface area contributed by atoms with E-state index in [1.165, 1.54) is 41.7 Å². The first-order chi connectivity index (χ1) is 48.4. The van der Waals surface area contributed by atoms with Crippen LogP contribution < -0.4 is 87.4 Å². The van der Waals surface area contributed by atoms with Gasteiger partial charge in [-0.15, -0.1) is 0 Å². The Balaban J connectivity index is 1.25. The third kappa shape index (κ3) is 25.6. The number of nitrogens with zero attached hydrogens (tertiary/aromatic N) is 4. The summed E-state index contributed by atoms with van der Waals surface area (Å²) in [4.78, 5) is 187. The highest BCUT2D eigenvalue weighted by molar-refractivity contribution is 6.00. The number of aromatic hydroxyl groups is 1. The molecule has 37 heteroatoms. The molecule has 10 atom stereocenters. The molecule has 2 fully saturated rings. The molecular weight excluding hydrogens is 1330 g/mol. The van der Waals surface area contributed by atoms with Crippen molar-refractivity contribution in [3.63, 3.8) is 0 Å². The van der Waals surface area contributed by atoms with Crippen molar-refractivity contribution in [3.8, 4) is 5.75 Å². The maximum absolute atomic E-state index is 14.9. The zero-order chi connectivity index (χ0) is 74.8. The minimum Gasteiger partial charge on any atom is -0.508 e. The predicted molar refractivity (Wildman–Crippen MR) is 370 cm³/mol. The van der Waals surface area contributed by atoms with Gasteiger partial charge in [-0.1, -0.05) is 44.2 Å². The number of aromatic amines is 2. The number of hydrazine groups is 1. The van der Waals surface area contributed by atoms with Crippen LogP contribution in [0.2, 0.25) is 0 Å². The number of urea groups is 1. The van der Waals surface area contributed by atoms with Crippen molar-refractivity contribution in [3.05, 3.63) is 84.1 Å². The smallest absolute Gasteiger partial charge is 0.330 e. The summed E-state index contributed by atoms with van der Waals surface area (Å²) in [5.41, 5.74) is 32.7. The summed E-state index contributed by atoms with van der Waals surface area (Å²) < 4.78 is 6.06. The van der Waals surface area contributed by atoms with E-state index in [9.17, 15) is 67.7 Å². The van der Waals surface area contributed by atoms with E-state index in [2.05, 4.69) is 78.2 Å². The number of fused-ring (bicyclic) bond motifs is 1. The van der Waals surface area contributed by atoms with Gasteiger partial charge in [-0.3, -0.25) is 68.2 Å². The number of aliphatic hydroxyl groups is 1. The number of imidazole rings is 1. The second-order valence-electron chi connectivity index (χ2n) is 26.2. The number of carbonyl (C=O) groups excluding carboxylic acids is 12. The largest absolute Gasteiger partial charge is 0.508 e. The molecule has 102 heavy (non-hydrogen) atoms. The number of hydrogen-bond donors (Lipinski definition) is 20. The number of guanidine groups is 2. The number of rotatable bonds is 37. The third-order valence-electron chi connectivity index (χ3n) is 16.4. The number of ether oxygens (including phenoxy) is 1. The minimum atomic E-state index is -1.83. The molecule has 0 bridgehead atoms. The third-order valence-corrected chi connectivity index (χ3v) is 16.4. The van der Waals surface area contributed by atoms with Gasteiger partial charge in [0.05, 0.1) is 25.1 Å². The van der Waals surface area contributed by atoms with Crippen LogP contribution in [0.5, 0.6) is 5.75 Å². The lowest BCUT2D eigenvalue weighted by molar-refractivity contribution is -0.142. The van der Waals surface area contributed by atoms with E-state index >= 15 is 0 Å². The number of aromatic nitrogens is 3. The predicted octanol–water partition coefficient (Wildman–Crippen LogP) is -4.57. The van der Waals surface area contributed by atoms with E-state index in [0.29, 0.717) is 34.1 Å². The highest BCUT2D eigenvalue weighted by Crippen LogP contribution is 2.23. The van der Waals surface area contributed by atoms with Gasteiger partial charge in [-0.25, -0.2) is 15.2 Å². The number of benzene rings is 2. The Morgan fingerprint density at radius 2 is 1.20 bits per heavy atom. The van der Waals surface area contributed by atoms with Gasteiger partial charge in [0, 0.05) is 74.3 Å². The number of aliphatic imine (C=N–C) groups is 2. The fraction of sp³-hybridized carbons (Fsp3) is 0.523. The van der Waals surface area contributed by atoms with Crippen molar-refractivity contribution in [2.75, 3.05) is 32.8 Å². The topological polar surface area (TPSA) is 589 Å². The van der Waals surface area contributed by atoms with Crippen LogP contribution in [-0.2, 0) is 76.7 Å². The van der Waals surface area contributed by atoms with Crippen molar-refractivity contribution in [1.29, 1.82) is 0 Å². The molecular formula is C65H96N22O15. The summed E-state index contributed by atoms with van der Waals surface area (Å²) in [6.07, 6.45) is 4.59. The lowest BCUT2D eigenvalue weighted by Gasteiger charge is -2.31. The lowest BCUT2D eigenvalue weighted by Crippen LogP contribution is -2.62. The summed E-state index contributed by atoms with van der Waals surface area (Å²) in [5.74, 6) is -10.1. The second kappa shape index (κ2) is 38.5. The molecule has 2 aromatic carbocycles. The summed E-state index contributed by atoms with van der Waals surface area (Å²) in [5, 5.41) is 45.5. The average molecular weight is 1430 g/mol. The first-order valence-corrected chi connectivity index (χ1v) is 33.4.